The topological polar surface area (TPSA) is 76.1 Å². The molecule has 2 N–H and O–H groups in total. The van der Waals surface area contributed by atoms with Crippen molar-refractivity contribution < 1.29 is 10.2 Å². The van der Waals surface area contributed by atoms with Crippen LogP contribution >= 0.6 is 0 Å². The van der Waals surface area contributed by atoms with E-state index in [1.807, 2.05) is 74.5 Å². The average molecular weight is 360 g/mol. The van der Waals surface area contributed by atoms with E-state index in [9.17, 15) is 10.2 Å². The molecule has 0 aliphatic carbocycles. The van der Waals surface area contributed by atoms with Gasteiger partial charge in [0.25, 0.3) is 0 Å². The second-order valence-electron chi connectivity index (χ2n) is 6.45. The molecule has 6 heteroatoms. The Bertz CT molecular complexity index is 995. The second-order valence-corrected chi connectivity index (χ2v) is 6.45. The van der Waals surface area contributed by atoms with Gasteiger partial charge >= 0.3 is 0 Å². The largest absolute Gasteiger partial charge is 0.493 e. The Hall–Kier alpha value is -3.54. The van der Waals surface area contributed by atoms with Crippen LogP contribution in [0.5, 0.6) is 11.8 Å². The van der Waals surface area contributed by atoms with Crippen LogP contribution in [0.25, 0.3) is 11.4 Å². The Morgan fingerprint density at radius 3 is 1.41 bits per heavy atom. The van der Waals surface area contributed by atoms with E-state index in [1.165, 1.54) is 9.36 Å². The van der Waals surface area contributed by atoms with E-state index >= 15 is 0 Å². The number of para-hydroxylation sites is 2. The summed E-state index contributed by atoms with van der Waals surface area (Å²) in [7, 11) is 0. The average Bonchev–Trinajstić information content (AvgIpc) is 3.14. The number of aryl methyl sites for hydroxylation is 2. The highest BCUT2D eigenvalue weighted by Gasteiger charge is 2.22. The Morgan fingerprint density at radius 1 is 0.667 bits per heavy atom. The summed E-state index contributed by atoms with van der Waals surface area (Å²) < 4.78 is 3.03. The number of rotatable bonds is 4. The Kier molecular flexibility index (Phi) is 4.16. The predicted molar refractivity (Wildman–Crippen MR) is 103 cm³/mol. The molecule has 2 heterocycles. The lowest BCUT2D eigenvalue weighted by atomic mass is 10.1. The van der Waals surface area contributed by atoms with Crippen LogP contribution in [0.1, 0.15) is 22.5 Å². The quantitative estimate of drug-likeness (QED) is 0.582. The van der Waals surface area contributed by atoms with Gasteiger partial charge in [0.05, 0.1) is 22.8 Å². The molecule has 2 aromatic heterocycles. The molecule has 0 saturated carbocycles. The number of benzene rings is 2. The van der Waals surface area contributed by atoms with Crippen molar-refractivity contribution in [3.05, 3.63) is 83.2 Å². The number of hydrogen-bond donors (Lipinski definition) is 2. The monoisotopic (exact) mass is 360 g/mol. The Morgan fingerprint density at radius 2 is 1.04 bits per heavy atom. The molecule has 0 radical (unpaired) electrons. The van der Waals surface area contributed by atoms with Gasteiger partial charge in [-0.25, -0.2) is 9.36 Å². The lowest BCUT2D eigenvalue weighted by Crippen LogP contribution is -1.96. The standard InChI is InChI=1S/C21H20N4O2/c1-14-18(20(26)24(22-14)16-9-5-3-6-10-16)13-19-15(2)23-25(21(19)27)17-11-7-4-8-12-17/h3-12,26-27H,13H2,1-2H3. The lowest BCUT2D eigenvalue weighted by Gasteiger charge is -2.05. The zero-order valence-electron chi connectivity index (χ0n) is 15.2. The van der Waals surface area contributed by atoms with Crippen molar-refractivity contribution in [3.8, 4) is 23.1 Å². The van der Waals surface area contributed by atoms with Crippen LogP contribution in [0.15, 0.2) is 60.7 Å². The summed E-state index contributed by atoms with van der Waals surface area (Å²) in [5.74, 6) is 0.148. The Labute approximate surface area is 157 Å². The summed E-state index contributed by atoms with van der Waals surface area (Å²) in [5, 5.41) is 30.4. The lowest BCUT2D eigenvalue weighted by molar-refractivity contribution is 0.423. The number of nitrogens with zero attached hydrogens (tertiary/aromatic N) is 4. The van der Waals surface area contributed by atoms with Crippen molar-refractivity contribution in [1.29, 1.82) is 0 Å². The molecule has 2 aromatic carbocycles. The fraction of sp³-hybridized carbons (Fsp3) is 0.143. The Balaban J connectivity index is 1.74. The minimum atomic E-state index is 0.0740. The molecule has 0 unspecified atom stereocenters. The van der Waals surface area contributed by atoms with Crippen molar-refractivity contribution in [2.75, 3.05) is 0 Å². The molecule has 6 nitrogen and oxygen atoms in total. The maximum Gasteiger partial charge on any atom is 0.218 e. The van der Waals surface area contributed by atoms with Gasteiger partial charge < -0.3 is 10.2 Å². The van der Waals surface area contributed by atoms with E-state index in [-0.39, 0.29) is 11.8 Å². The first-order valence-electron chi connectivity index (χ1n) is 8.72. The third-order valence-electron chi connectivity index (χ3n) is 4.67. The third-order valence-corrected chi connectivity index (χ3v) is 4.67. The van der Waals surface area contributed by atoms with E-state index in [2.05, 4.69) is 10.2 Å². The summed E-state index contributed by atoms with van der Waals surface area (Å²) in [6.07, 6.45) is 0.342. The first kappa shape index (κ1) is 16.9. The van der Waals surface area contributed by atoms with E-state index in [0.717, 1.165) is 11.4 Å². The molecule has 4 rings (SSSR count). The van der Waals surface area contributed by atoms with Crippen molar-refractivity contribution in [2.24, 2.45) is 0 Å². The number of aromatic nitrogens is 4. The third kappa shape index (κ3) is 2.95. The van der Waals surface area contributed by atoms with Crippen LogP contribution in [-0.4, -0.2) is 29.8 Å². The smallest absolute Gasteiger partial charge is 0.218 e. The maximum absolute atomic E-state index is 10.7. The van der Waals surface area contributed by atoms with Gasteiger partial charge in [-0.3, -0.25) is 0 Å². The zero-order valence-corrected chi connectivity index (χ0v) is 15.2. The van der Waals surface area contributed by atoms with Gasteiger partial charge in [-0.1, -0.05) is 36.4 Å². The van der Waals surface area contributed by atoms with E-state index in [0.29, 0.717) is 28.9 Å². The molecule has 27 heavy (non-hydrogen) atoms. The van der Waals surface area contributed by atoms with Gasteiger partial charge in [0.15, 0.2) is 0 Å². The minimum Gasteiger partial charge on any atom is -0.493 e. The molecule has 4 aromatic rings. The van der Waals surface area contributed by atoms with Crippen LogP contribution in [0.3, 0.4) is 0 Å². The highest BCUT2D eigenvalue weighted by Crippen LogP contribution is 2.32. The summed E-state index contributed by atoms with van der Waals surface area (Å²) in [5.41, 5.74) is 4.33. The van der Waals surface area contributed by atoms with Crippen LogP contribution in [0.2, 0.25) is 0 Å². The molecule has 136 valence electrons. The molecule has 0 aliphatic heterocycles. The molecular formula is C21H20N4O2. The van der Waals surface area contributed by atoms with E-state index in [1.54, 1.807) is 0 Å². The van der Waals surface area contributed by atoms with Crippen LogP contribution in [-0.2, 0) is 6.42 Å². The van der Waals surface area contributed by atoms with Crippen molar-refractivity contribution in [1.82, 2.24) is 19.6 Å². The van der Waals surface area contributed by atoms with Crippen LogP contribution in [0, 0.1) is 13.8 Å². The molecule has 0 bridgehead atoms. The van der Waals surface area contributed by atoms with Crippen LogP contribution in [0.4, 0.5) is 0 Å². The molecule has 0 saturated heterocycles. The van der Waals surface area contributed by atoms with Crippen molar-refractivity contribution in [3.63, 3.8) is 0 Å². The second kappa shape index (κ2) is 6.64. The fourth-order valence-corrected chi connectivity index (χ4v) is 3.18. The van der Waals surface area contributed by atoms with Crippen molar-refractivity contribution in [2.45, 2.75) is 20.3 Å². The normalized spacial score (nSPS) is 11.0. The van der Waals surface area contributed by atoms with Gasteiger partial charge in [0, 0.05) is 17.5 Å². The van der Waals surface area contributed by atoms with E-state index < -0.39 is 0 Å². The summed E-state index contributed by atoms with van der Waals surface area (Å²) in [4.78, 5) is 0. The molecular weight excluding hydrogens is 340 g/mol. The van der Waals surface area contributed by atoms with Gasteiger partial charge in [-0.2, -0.15) is 10.2 Å². The van der Waals surface area contributed by atoms with Crippen LogP contribution < -0.4 is 0 Å². The summed E-state index contributed by atoms with van der Waals surface area (Å²) >= 11 is 0. The zero-order chi connectivity index (χ0) is 19.0. The first-order valence-corrected chi connectivity index (χ1v) is 8.72. The van der Waals surface area contributed by atoms with Crippen molar-refractivity contribution >= 4 is 0 Å². The summed E-state index contributed by atoms with van der Waals surface area (Å²) in [6, 6.07) is 18.9. The first-order chi connectivity index (χ1) is 13.1. The van der Waals surface area contributed by atoms with Gasteiger partial charge in [-0.05, 0) is 38.1 Å². The number of aromatic hydroxyl groups is 2. The maximum atomic E-state index is 10.7. The minimum absolute atomic E-state index is 0.0740. The SMILES string of the molecule is Cc1nn(-c2ccccc2)c(O)c1Cc1c(C)nn(-c2ccccc2)c1O. The molecule has 0 spiro atoms. The number of hydrogen-bond acceptors (Lipinski definition) is 4. The fourth-order valence-electron chi connectivity index (χ4n) is 3.18. The summed E-state index contributed by atoms with van der Waals surface area (Å²) in [6.45, 7) is 3.70. The van der Waals surface area contributed by atoms with E-state index in [4.69, 9.17) is 0 Å². The van der Waals surface area contributed by atoms with Gasteiger partial charge in [0.2, 0.25) is 11.8 Å². The highest BCUT2D eigenvalue weighted by atomic mass is 16.3. The van der Waals surface area contributed by atoms with Gasteiger partial charge in [0.1, 0.15) is 0 Å². The van der Waals surface area contributed by atoms with Gasteiger partial charge in [-0.15, -0.1) is 0 Å². The molecule has 0 fully saturated rings. The highest BCUT2D eigenvalue weighted by molar-refractivity contribution is 5.47. The molecule has 0 amide bonds. The molecule has 0 atom stereocenters. The molecule has 0 aliphatic rings. The predicted octanol–water partition coefficient (Wildman–Crippen LogP) is 3.68.